The van der Waals surface area contributed by atoms with E-state index in [9.17, 15) is 0 Å². The first-order valence-corrected chi connectivity index (χ1v) is 7.82. The average Bonchev–Trinajstić information content (AvgIpc) is 2.87. The molecule has 2 rings (SSSR count). The van der Waals surface area contributed by atoms with Crippen LogP contribution in [-0.4, -0.2) is 16.1 Å². The van der Waals surface area contributed by atoms with Crippen LogP contribution in [0.2, 0.25) is 0 Å². The minimum atomic E-state index is 0.505. The van der Waals surface area contributed by atoms with Gasteiger partial charge in [0.25, 0.3) is 0 Å². The second kappa shape index (κ2) is 5.98. The first-order chi connectivity index (χ1) is 9.04. The number of aryl methyl sites for hydroxylation is 1. The number of hydrogen-bond acceptors (Lipinski definition) is 2. The summed E-state index contributed by atoms with van der Waals surface area (Å²) >= 11 is 0. The third kappa shape index (κ3) is 3.52. The van der Waals surface area contributed by atoms with Gasteiger partial charge in [-0.05, 0) is 44.4 Å². The molecule has 1 N–H and O–H groups in total. The fourth-order valence-corrected chi connectivity index (χ4v) is 3.75. The standard InChI is InChI=1S/C16H29N3/c1-5-17-15-18-14(4)11-19(15)12-16(10-13(2)3)8-6-7-9-16/h11,13H,5-10,12H2,1-4H3,(H,17,18). The van der Waals surface area contributed by atoms with E-state index in [1.54, 1.807) is 0 Å². The Kier molecular flexibility index (Phi) is 4.54. The van der Waals surface area contributed by atoms with Crippen molar-refractivity contribution in [1.29, 1.82) is 0 Å². The molecule has 0 unspecified atom stereocenters. The van der Waals surface area contributed by atoms with E-state index in [1.807, 2.05) is 0 Å². The van der Waals surface area contributed by atoms with Crippen LogP contribution in [-0.2, 0) is 6.54 Å². The smallest absolute Gasteiger partial charge is 0.203 e. The largest absolute Gasteiger partial charge is 0.356 e. The molecule has 1 heterocycles. The topological polar surface area (TPSA) is 29.9 Å². The lowest BCUT2D eigenvalue weighted by atomic mass is 9.78. The summed E-state index contributed by atoms with van der Waals surface area (Å²) in [4.78, 5) is 4.60. The molecule has 1 saturated carbocycles. The summed E-state index contributed by atoms with van der Waals surface area (Å²) in [5.41, 5.74) is 1.62. The van der Waals surface area contributed by atoms with Gasteiger partial charge in [-0.15, -0.1) is 0 Å². The highest BCUT2D eigenvalue weighted by atomic mass is 15.2. The third-order valence-electron chi connectivity index (χ3n) is 4.24. The van der Waals surface area contributed by atoms with Crippen LogP contribution in [0.25, 0.3) is 0 Å². The fourth-order valence-electron chi connectivity index (χ4n) is 3.75. The summed E-state index contributed by atoms with van der Waals surface area (Å²) in [6.07, 6.45) is 9.12. The molecular formula is C16H29N3. The van der Waals surface area contributed by atoms with E-state index >= 15 is 0 Å². The monoisotopic (exact) mass is 263 g/mol. The Morgan fingerprint density at radius 3 is 2.63 bits per heavy atom. The quantitative estimate of drug-likeness (QED) is 0.832. The molecule has 0 atom stereocenters. The SMILES string of the molecule is CCNc1nc(C)cn1CC1(CC(C)C)CCCC1. The summed E-state index contributed by atoms with van der Waals surface area (Å²) in [6.45, 7) is 11.0. The number of rotatable bonds is 6. The van der Waals surface area contributed by atoms with Crippen LogP contribution in [0.3, 0.4) is 0 Å². The number of anilines is 1. The van der Waals surface area contributed by atoms with Gasteiger partial charge in [-0.2, -0.15) is 0 Å². The summed E-state index contributed by atoms with van der Waals surface area (Å²) in [5, 5.41) is 3.39. The highest BCUT2D eigenvalue weighted by Crippen LogP contribution is 2.44. The number of imidazole rings is 1. The zero-order valence-electron chi connectivity index (χ0n) is 13.0. The Morgan fingerprint density at radius 1 is 1.37 bits per heavy atom. The minimum absolute atomic E-state index is 0.505. The van der Waals surface area contributed by atoms with Gasteiger partial charge < -0.3 is 9.88 Å². The Morgan fingerprint density at radius 2 is 2.05 bits per heavy atom. The van der Waals surface area contributed by atoms with Crippen LogP contribution < -0.4 is 5.32 Å². The van der Waals surface area contributed by atoms with Gasteiger partial charge in [-0.1, -0.05) is 26.7 Å². The predicted octanol–water partition coefficient (Wildman–Crippen LogP) is 4.23. The normalized spacial score (nSPS) is 18.2. The van der Waals surface area contributed by atoms with Gasteiger partial charge in [0.05, 0.1) is 5.69 Å². The molecule has 0 aliphatic heterocycles. The molecule has 3 nitrogen and oxygen atoms in total. The molecule has 0 aromatic carbocycles. The van der Waals surface area contributed by atoms with Crippen LogP contribution in [0.15, 0.2) is 6.20 Å². The van der Waals surface area contributed by atoms with E-state index in [2.05, 4.69) is 48.8 Å². The molecule has 1 aliphatic carbocycles. The van der Waals surface area contributed by atoms with E-state index in [-0.39, 0.29) is 0 Å². The van der Waals surface area contributed by atoms with Crippen molar-refractivity contribution in [2.45, 2.75) is 66.3 Å². The molecule has 0 bridgehead atoms. The molecule has 1 aromatic heterocycles. The molecule has 108 valence electrons. The van der Waals surface area contributed by atoms with Gasteiger partial charge >= 0.3 is 0 Å². The lowest BCUT2D eigenvalue weighted by Crippen LogP contribution is -2.26. The minimum Gasteiger partial charge on any atom is -0.356 e. The van der Waals surface area contributed by atoms with Crippen molar-refractivity contribution in [3.8, 4) is 0 Å². The molecule has 0 saturated heterocycles. The van der Waals surface area contributed by atoms with E-state index in [4.69, 9.17) is 0 Å². The van der Waals surface area contributed by atoms with Gasteiger partial charge in [-0.3, -0.25) is 0 Å². The molecule has 19 heavy (non-hydrogen) atoms. The van der Waals surface area contributed by atoms with E-state index in [0.29, 0.717) is 5.41 Å². The molecule has 0 amide bonds. The maximum Gasteiger partial charge on any atom is 0.203 e. The van der Waals surface area contributed by atoms with Crippen LogP contribution >= 0.6 is 0 Å². The number of nitrogens with one attached hydrogen (secondary N) is 1. The van der Waals surface area contributed by atoms with Gasteiger partial charge in [0.1, 0.15) is 0 Å². The van der Waals surface area contributed by atoms with Gasteiger partial charge in [0.15, 0.2) is 0 Å². The van der Waals surface area contributed by atoms with Crippen molar-refractivity contribution in [3.05, 3.63) is 11.9 Å². The number of aromatic nitrogens is 2. The highest BCUT2D eigenvalue weighted by Gasteiger charge is 2.35. The average molecular weight is 263 g/mol. The van der Waals surface area contributed by atoms with E-state index < -0.39 is 0 Å². The van der Waals surface area contributed by atoms with Gasteiger partial charge in [0.2, 0.25) is 5.95 Å². The van der Waals surface area contributed by atoms with Crippen LogP contribution in [0.4, 0.5) is 5.95 Å². The van der Waals surface area contributed by atoms with Gasteiger partial charge in [0, 0.05) is 19.3 Å². The summed E-state index contributed by atoms with van der Waals surface area (Å²) in [5.74, 6) is 1.83. The maximum atomic E-state index is 4.60. The van der Waals surface area contributed by atoms with Crippen molar-refractivity contribution in [1.82, 2.24) is 9.55 Å². The lowest BCUT2D eigenvalue weighted by molar-refractivity contribution is 0.198. The summed E-state index contributed by atoms with van der Waals surface area (Å²) in [7, 11) is 0. The molecule has 1 fully saturated rings. The van der Waals surface area contributed by atoms with Crippen LogP contribution in [0.5, 0.6) is 0 Å². The van der Waals surface area contributed by atoms with Crippen LogP contribution in [0.1, 0.15) is 58.6 Å². The maximum absolute atomic E-state index is 4.60. The van der Waals surface area contributed by atoms with Gasteiger partial charge in [-0.25, -0.2) is 4.98 Å². The molecule has 3 heteroatoms. The van der Waals surface area contributed by atoms with E-state index in [1.165, 1.54) is 32.1 Å². The zero-order valence-corrected chi connectivity index (χ0v) is 13.0. The fraction of sp³-hybridized carbons (Fsp3) is 0.812. The number of nitrogens with zero attached hydrogens (tertiary/aromatic N) is 2. The van der Waals surface area contributed by atoms with Crippen molar-refractivity contribution in [2.24, 2.45) is 11.3 Å². The second-order valence-corrected chi connectivity index (χ2v) is 6.67. The highest BCUT2D eigenvalue weighted by molar-refractivity contribution is 5.28. The second-order valence-electron chi connectivity index (χ2n) is 6.67. The Bertz CT molecular complexity index is 400. The van der Waals surface area contributed by atoms with Crippen molar-refractivity contribution in [3.63, 3.8) is 0 Å². The Labute approximate surface area is 117 Å². The van der Waals surface area contributed by atoms with E-state index in [0.717, 1.165) is 30.6 Å². The van der Waals surface area contributed by atoms with Crippen molar-refractivity contribution >= 4 is 5.95 Å². The Hall–Kier alpha value is -0.990. The molecule has 0 spiro atoms. The first kappa shape index (κ1) is 14.4. The van der Waals surface area contributed by atoms with Crippen LogP contribution in [0, 0.1) is 18.3 Å². The Balaban J connectivity index is 2.17. The summed E-state index contributed by atoms with van der Waals surface area (Å²) < 4.78 is 2.35. The molecule has 0 radical (unpaired) electrons. The third-order valence-corrected chi connectivity index (χ3v) is 4.24. The lowest BCUT2D eigenvalue weighted by Gasteiger charge is -2.32. The van der Waals surface area contributed by atoms with Crippen molar-refractivity contribution < 1.29 is 0 Å². The molecular weight excluding hydrogens is 234 g/mol. The molecule has 1 aliphatic rings. The zero-order chi connectivity index (χ0) is 13.9. The number of hydrogen-bond donors (Lipinski definition) is 1. The van der Waals surface area contributed by atoms with Crippen molar-refractivity contribution in [2.75, 3.05) is 11.9 Å². The predicted molar refractivity (Wildman–Crippen MR) is 81.5 cm³/mol. The summed E-state index contributed by atoms with van der Waals surface area (Å²) in [6, 6.07) is 0. The first-order valence-electron chi connectivity index (χ1n) is 7.82. The molecule has 1 aromatic rings.